The third-order valence-corrected chi connectivity index (χ3v) is 14.9. The molecule has 1 atom stereocenters. The predicted octanol–water partition coefficient (Wildman–Crippen LogP) is 23.1. The van der Waals surface area contributed by atoms with Crippen molar-refractivity contribution in [2.45, 2.75) is 361 Å². The first kappa shape index (κ1) is 74.1. The van der Waals surface area contributed by atoms with Crippen molar-refractivity contribution in [3.05, 3.63) is 60.8 Å². The molecule has 6 nitrogen and oxygen atoms in total. The minimum atomic E-state index is -0.783. The third kappa shape index (κ3) is 63.8. The van der Waals surface area contributed by atoms with Gasteiger partial charge in [-0.2, -0.15) is 0 Å². The van der Waals surface area contributed by atoms with E-state index in [1.807, 2.05) is 0 Å². The van der Waals surface area contributed by atoms with Crippen molar-refractivity contribution in [1.29, 1.82) is 0 Å². The van der Waals surface area contributed by atoms with E-state index in [4.69, 9.17) is 14.2 Å². The summed E-state index contributed by atoms with van der Waals surface area (Å²) in [7, 11) is 0. The van der Waals surface area contributed by atoms with Gasteiger partial charge < -0.3 is 14.2 Å². The first-order chi connectivity index (χ1) is 38.0. The molecule has 0 aromatic rings. The Hall–Kier alpha value is -2.89. The molecule has 0 spiro atoms. The van der Waals surface area contributed by atoms with E-state index in [1.54, 1.807) is 0 Å². The lowest BCUT2D eigenvalue weighted by Crippen LogP contribution is -2.30. The molecule has 0 N–H and O–H groups in total. The SMILES string of the molecule is CCC/C=C\C/C=C\CCCCCCCC(=O)OCC(COC(=O)CCCCCCCCCCCCCCC/C=C\CCCCCCCCCC)OC(=O)CCCCCCCCCCC/C=C\C/C=C\CCCCCCC. The summed E-state index contributed by atoms with van der Waals surface area (Å²) < 4.78 is 16.9. The molecule has 0 rings (SSSR count). The van der Waals surface area contributed by atoms with Gasteiger partial charge in [-0.05, 0) is 103 Å². The molecule has 0 fully saturated rings. The van der Waals surface area contributed by atoms with Crippen LogP contribution in [0.1, 0.15) is 355 Å². The number of allylic oxidation sites excluding steroid dienone is 10. The van der Waals surface area contributed by atoms with Crippen LogP contribution in [-0.4, -0.2) is 37.2 Å². The van der Waals surface area contributed by atoms with Gasteiger partial charge in [0.25, 0.3) is 0 Å². The number of hydrogen-bond acceptors (Lipinski definition) is 6. The van der Waals surface area contributed by atoms with Crippen LogP contribution >= 0.6 is 0 Å². The van der Waals surface area contributed by atoms with E-state index < -0.39 is 6.10 Å². The molecule has 0 aromatic heterocycles. The monoisotopic (exact) mass is 1080 g/mol. The second kappa shape index (κ2) is 65.6. The van der Waals surface area contributed by atoms with Crippen LogP contribution in [0.5, 0.6) is 0 Å². The summed E-state index contributed by atoms with van der Waals surface area (Å²) in [5.74, 6) is -0.879. The lowest BCUT2D eigenvalue weighted by Gasteiger charge is -2.18. The topological polar surface area (TPSA) is 78.9 Å². The van der Waals surface area contributed by atoms with Crippen LogP contribution in [-0.2, 0) is 28.6 Å². The summed E-state index contributed by atoms with van der Waals surface area (Å²) in [4.78, 5) is 38.4. The Morgan fingerprint density at radius 3 is 0.779 bits per heavy atom. The van der Waals surface area contributed by atoms with Crippen LogP contribution in [0.25, 0.3) is 0 Å². The minimum absolute atomic E-state index is 0.0783. The van der Waals surface area contributed by atoms with E-state index in [1.165, 1.54) is 225 Å². The lowest BCUT2D eigenvalue weighted by molar-refractivity contribution is -0.167. The molecule has 0 bridgehead atoms. The summed E-state index contributed by atoms with van der Waals surface area (Å²) in [6, 6.07) is 0. The molecule has 0 saturated heterocycles. The summed E-state index contributed by atoms with van der Waals surface area (Å²) in [5, 5.41) is 0. The number of carbonyl (C=O) groups is 3. The van der Waals surface area contributed by atoms with Gasteiger partial charge in [-0.3, -0.25) is 14.4 Å². The fraction of sp³-hybridized carbons (Fsp3) is 0.817. The maximum atomic E-state index is 12.9. The summed E-state index contributed by atoms with van der Waals surface area (Å²) in [5.41, 5.74) is 0. The van der Waals surface area contributed by atoms with Crippen LogP contribution in [0.2, 0.25) is 0 Å². The molecule has 0 amide bonds. The fourth-order valence-electron chi connectivity index (χ4n) is 9.86. The maximum absolute atomic E-state index is 12.9. The highest BCUT2D eigenvalue weighted by Gasteiger charge is 2.19. The lowest BCUT2D eigenvalue weighted by atomic mass is 10.0. The van der Waals surface area contributed by atoms with Crippen molar-refractivity contribution in [2.24, 2.45) is 0 Å². The molecule has 0 saturated carbocycles. The van der Waals surface area contributed by atoms with E-state index in [0.717, 1.165) is 89.9 Å². The molecule has 0 aliphatic rings. The number of carbonyl (C=O) groups excluding carboxylic acids is 3. The number of ether oxygens (including phenoxy) is 3. The van der Waals surface area contributed by atoms with Gasteiger partial charge in [0, 0.05) is 19.3 Å². The van der Waals surface area contributed by atoms with Crippen molar-refractivity contribution in [3.8, 4) is 0 Å². The zero-order valence-corrected chi connectivity index (χ0v) is 51.5. The van der Waals surface area contributed by atoms with Gasteiger partial charge >= 0.3 is 17.9 Å². The average molecular weight is 1080 g/mol. The second-order valence-electron chi connectivity index (χ2n) is 22.7. The fourth-order valence-corrected chi connectivity index (χ4v) is 9.86. The predicted molar refractivity (Wildman–Crippen MR) is 335 cm³/mol. The Kier molecular flexibility index (Phi) is 63.2. The van der Waals surface area contributed by atoms with E-state index in [2.05, 4.69) is 81.5 Å². The van der Waals surface area contributed by atoms with Crippen LogP contribution in [0.15, 0.2) is 60.8 Å². The van der Waals surface area contributed by atoms with E-state index in [9.17, 15) is 14.4 Å². The second-order valence-corrected chi connectivity index (χ2v) is 22.7. The Morgan fingerprint density at radius 1 is 0.260 bits per heavy atom. The zero-order chi connectivity index (χ0) is 55.7. The van der Waals surface area contributed by atoms with Gasteiger partial charge in [0.05, 0.1) is 0 Å². The smallest absolute Gasteiger partial charge is 0.306 e. The summed E-state index contributed by atoms with van der Waals surface area (Å²) >= 11 is 0. The van der Waals surface area contributed by atoms with Crippen LogP contribution < -0.4 is 0 Å². The van der Waals surface area contributed by atoms with Gasteiger partial charge in [-0.25, -0.2) is 0 Å². The number of hydrogen-bond donors (Lipinski definition) is 0. The van der Waals surface area contributed by atoms with Gasteiger partial charge in [0.1, 0.15) is 13.2 Å². The molecule has 0 aromatic carbocycles. The quantitative estimate of drug-likeness (QED) is 0.0261. The highest BCUT2D eigenvalue weighted by atomic mass is 16.6. The molecular formula is C71H128O6. The summed E-state index contributed by atoms with van der Waals surface area (Å²) in [6.07, 6.45) is 83.8. The molecule has 0 heterocycles. The minimum Gasteiger partial charge on any atom is -0.462 e. The van der Waals surface area contributed by atoms with E-state index in [-0.39, 0.29) is 31.1 Å². The molecule has 1 unspecified atom stereocenters. The van der Waals surface area contributed by atoms with Crippen LogP contribution in [0.3, 0.4) is 0 Å². The van der Waals surface area contributed by atoms with Crippen molar-refractivity contribution < 1.29 is 28.6 Å². The maximum Gasteiger partial charge on any atom is 0.306 e. The van der Waals surface area contributed by atoms with Gasteiger partial charge in [0.2, 0.25) is 0 Å². The van der Waals surface area contributed by atoms with Crippen molar-refractivity contribution >= 4 is 17.9 Å². The van der Waals surface area contributed by atoms with E-state index in [0.29, 0.717) is 19.3 Å². The Balaban J connectivity index is 4.28. The normalized spacial score (nSPS) is 12.4. The zero-order valence-electron chi connectivity index (χ0n) is 51.5. The van der Waals surface area contributed by atoms with Crippen molar-refractivity contribution in [3.63, 3.8) is 0 Å². The van der Waals surface area contributed by atoms with Crippen LogP contribution in [0.4, 0.5) is 0 Å². The molecule has 6 heteroatoms. The third-order valence-electron chi connectivity index (χ3n) is 14.9. The Bertz CT molecular complexity index is 1380. The Labute approximate surface area is 479 Å². The molecule has 448 valence electrons. The number of esters is 3. The standard InChI is InChI=1S/C71H128O6/c1-4-7-10-13-16-19-22-25-27-29-31-33-34-35-36-38-39-41-43-46-49-52-55-58-61-64-70(73)76-67-68(66-75-69(72)63-60-57-54-51-48-45-24-21-18-15-12-9-6-3)77-71(74)65-62-59-56-53-50-47-44-42-40-37-32-30-28-26-23-20-17-14-11-8-5-2/h12,15,21,23-24,26,29-32,68H,4-11,13-14,16-20,22,25,27-28,33-67H2,1-3H3/b15-12-,24-21-,26-23-,31-29-,32-30-. The van der Waals surface area contributed by atoms with Gasteiger partial charge in [-0.1, -0.05) is 293 Å². The van der Waals surface area contributed by atoms with Crippen molar-refractivity contribution in [1.82, 2.24) is 0 Å². The van der Waals surface area contributed by atoms with Gasteiger partial charge in [-0.15, -0.1) is 0 Å². The average Bonchev–Trinajstić information content (AvgIpc) is 3.43. The molecule has 77 heavy (non-hydrogen) atoms. The van der Waals surface area contributed by atoms with E-state index >= 15 is 0 Å². The highest BCUT2D eigenvalue weighted by Crippen LogP contribution is 2.17. The van der Waals surface area contributed by atoms with Gasteiger partial charge in [0.15, 0.2) is 6.10 Å². The highest BCUT2D eigenvalue weighted by molar-refractivity contribution is 5.71. The largest absolute Gasteiger partial charge is 0.462 e. The van der Waals surface area contributed by atoms with Crippen molar-refractivity contribution in [2.75, 3.05) is 13.2 Å². The molecule has 0 aliphatic heterocycles. The summed E-state index contributed by atoms with van der Waals surface area (Å²) in [6.45, 7) is 6.60. The first-order valence-corrected chi connectivity index (χ1v) is 33.8. The number of unbranched alkanes of at least 4 members (excludes halogenated alkanes) is 41. The molecular weight excluding hydrogens is 949 g/mol. The van der Waals surface area contributed by atoms with Crippen LogP contribution in [0, 0.1) is 0 Å². The number of rotatable bonds is 62. The molecule has 0 aliphatic carbocycles. The Morgan fingerprint density at radius 2 is 0.494 bits per heavy atom. The molecule has 0 radical (unpaired) electrons. The first-order valence-electron chi connectivity index (χ1n) is 33.8.